The number of benzene rings is 1. The van der Waals surface area contributed by atoms with Gasteiger partial charge in [-0.05, 0) is 32.9 Å². The number of rotatable bonds is 2. The van der Waals surface area contributed by atoms with Crippen LogP contribution in [-0.4, -0.2) is 23.6 Å². The lowest BCUT2D eigenvalue weighted by Gasteiger charge is -2.20. The van der Waals surface area contributed by atoms with Crippen LogP contribution in [0.1, 0.15) is 32.4 Å². The van der Waals surface area contributed by atoms with Crippen LogP contribution in [0, 0.1) is 0 Å². The average Bonchev–Trinajstić information content (AvgIpc) is 2.67. The predicted octanol–water partition coefficient (Wildman–Crippen LogP) is 1.91. The van der Waals surface area contributed by atoms with E-state index in [1.165, 1.54) is 0 Å². The highest BCUT2D eigenvalue weighted by Gasteiger charge is 2.33. The van der Waals surface area contributed by atoms with Gasteiger partial charge in [-0.3, -0.25) is 10.1 Å². The predicted molar refractivity (Wildman–Crippen MR) is 75.7 cm³/mol. The summed E-state index contributed by atoms with van der Waals surface area (Å²) in [6, 6.07) is 6.19. The van der Waals surface area contributed by atoms with E-state index in [0.717, 1.165) is 0 Å². The number of alkyl carbamates (subject to hydrolysis) is 1. The first kappa shape index (κ1) is 14.8. The zero-order valence-electron chi connectivity index (χ0n) is 12.0. The van der Waals surface area contributed by atoms with E-state index in [4.69, 9.17) is 4.74 Å². The Labute approximate surface area is 122 Å². The zero-order valence-corrected chi connectivity index (χ0v) is 12.0. The third-order valence-corrected chi connectivity index (χ3v) is 2.65. The lowest BCUT2D eigenvalue weighted by Crippen LogP contribution is -2.43. The second kappa shape index (κ2) is 5.43. The molecule has 1 heterocycles. The number of urea groups is 1. The number of ether oxygens (including phenoxy) is 1. The molecule has 1 aromatic rings. The number of anilines is 1. The minimum atomic E-state index is -0.935. The minimum absolute atomic E-state index is 0.319. The summed E-state index contributed by atoms with van der Waals surface area (Å²) in [4.78, 5) is 34.1. The van der Waals surface area contributed by atoms with Crippen LogP contribution in [0.4, 0.5) is 15.3 Å². The standard InChI is InChI=1S/C14H17N3O4/c1-14(2,3)17-12(19)15-9-6-4-8(5-7-9)10-11(18)16-13(20)21-10/h4-7,10H,1-3H3,(H2,15,17,19)(H,16,18,20). The average molecular weight is 291 g/mol. The smallest absolute Gasteiger partial charge is 0.415 e. The summed E-state index contributed by atoms with van der Waals surface area (Å²) in [5.41, 5.74) is 0.783. The SMILES string of the molecule is CC(C)(C)NC(=O)Nc1ccc(C2OC(=O)NC2=O)cc1. The molecule has 0 aliphatic carbocycles. The number of carbonyl (C=O) groups is 3. The molecular formula is C14H17N3O4. The van der Waals surface area contributed by atoms with Crippen molar-refractivity contribution in [3.8, 4) is 0 Å². The molecule has 3 N–H and O–H groups in total. The summed E-state index contributed by atoms with van der Waals surface area (Å²) in [6.07, 6.45) is -1.69. The molecule has 2 rings (SSSR count). The van der Waals surface area contributed by atoms with Gasteiger partial charge in [-0.2, -0.15) is 0 Å². The molecule has 1 atom stereocenters. The van der Waals surface area contributed by atoms with E-state index in [1.54, 1.807) is 24.3 Å². The minimum Gasteiger partial charge on any atom is -0.431 e. The molecule has 0 bridgehead atoms. The molecule has 7 heteroatoms. The van der Waals surface area contributed by atoms with Gasteiger partial charge < -0.3 is 15.4 Å². The normalized spacial score (nSPS) is 18.0. The van der Waals surface area contributed by atoms with Gasteiger partial charge >= 0.3 is 12.1 Å². The van der Waals surface area contributed by atoms with Gasteiger partial charge in [0.1, 0.15) is 0 Å². The first-order valence-corrected chi connectivity index (χ1v) is 6.45. The molecule has 0 aromatic heterocycles. The van der Waals surface area contributed by atoms with Gasteiger partial charge in [0.2, 0.25) is 6.10 Å². The molecule has 1 aromatic carbocycles. The summed E-state index contributed by atoms with van der Waals surface area (Å²) in [6.45, 7) is 5.63. The maximum absolute atomic E-state index is 11.7. The quantitative estimate of drug-likeness (QED) is 0.775. The van der Waals surface area contributed by atoms with Crippen molar-refractivity contribution in [3.63, 3.8) is 0 Å². The third kappa shape index (κ3) is 3.95. The third-order valence-electron chi connectivity index (χ3n) is 2.65. The molecule has 112 valence electrons. The fourth-order valence-corrected chi connectivity index (χ4v) is 1.82. The lowest BCUT2D eigenvalue weighted by molar-refractivity contribution is -0.123. The van der Waals surface area contributed by atoms with Gasteiger partial charge in [-0.15, -0.1) is 0 Å². The van der Waals surface area contributed by atoms with Crippen LogP contribution in [0.2, 0.25) is 0 Å². The van der Waals surface area contributed by atoms with E-state index in [2.05, 4.69) is 16.0 Å². The second-order valence-electron chi connectivity index (χ2n) is 5.73. The fourth-order valence-electron chi connectivity index (χ4n) is 1.82. The van der Waals surface area contributed by atoms with Crippen molar-refractivity contribution in [2.75, 3.05) is 5.32 Å². The maximum atomic E-state index is 11.7. The molecule has 21 heavy (non-hydrogen) atoms. The van der Waals surface area contributed by atoms with Crippen LogP contribution < -0.4 is 16.0 Å². The summed E-state index contributed by atoms with van der Waals surface area (Å²) in [7, 11) is 0. The number of carbonyl (C=O) groups excluding carboxylic acids is 3. The van der Waals surface area contributed by atoms with Gasteiger partial charge in [0.05, 0.1) is 0 Å². The van der Waals surface area contributed by atoms with Gasteiger partial charge in [0, 0.05) is 16.8 Å². The van der Waals surface area contributed by atoms with E-state index in [1.807, 2.05) is 20.8 Å². The molecule has 1 saturated heterocycles. The van der Waals surface area contributed by atoms with Crippen molar-refractivity contribution in [2.24, 2.45) is 0 Å². The molecule has 4 amide bonds. The molecule has 7 nitrogen and oxygen atoms in total. The molecule has 0 spiro atoms. The number of amides is 4. The largest absolute Gasteiger partial charge is 0.431 e. The monoisotopic (exact) mass is 291 g/mol. The number of nitrogens with one attached hydrogen (secondary N) is 3. The van der Waals surface area contributed by atoms with Gasteiger partial charge in [-0.1, -0.05) is 12.1 Å². The van der Waals surface area contributed by atoms with Crippen molar-refractivity contribution in [1.82, 2.24) is 10.6 Å². The Balaban J connectivity index is 2.01. The van der Waals surface area contributed by atoms with Gasteiger partial charge in [0.15, 0.2) is 0 Å². The maximum Gasteiger partial charge on any atom is 0.415 e. The highest BCUT2D eigenvalue weighted by Crippen LogP contribution is 2.23. The van der Waals surface area contributed by atoms with Crippen LogP contribution in [0.25, 0.3) is 0 Å². The Morgan fingerprint density at radius 2 is 1.81 bits per heavy atom. The number of hydrogen-bond acceptors (Lipinski definition) is 4. The lowest BCUT2D eigenvalue weighted by atomic mass is 10.1. The van der Waals surface area contributed by atoms with E-state index in [-0.39, 0.29) is 11.6 Å². The first-order valence-electron chi connectivity index (χ1n) is 6.45. The number of hydrogen-bond donors (Lipinski definition) is 3. The molecule has 1 aliphatic rings. The zero-order chi connectivity index (χ0) is 15.6. The van der Waals surface area contributed by atoms with Crippen molar-refractivity contribution < 1.29 is 19.1 Å². The van der Waals surface area contributed by atoms with Crippen molar-refractivity contribution in [2.45, 2.75) is 32.4 Å². The highest BCUT2D eigenvalue weighted by atomic mass is 16.6. The van der Waals surface area contributed by atoms with Crippen LogP contribution in [-0.2, 0) is 9.53 Å². The molecule has 0 radical (unpaired) electrons. The molecule has 0 saturated carbocycles. The molecular weight excluding hydrogens is 274 g/mol. The Kier molecular flexibility index (Phi) is 3.84. The summed E-state index contributed by atoms with van der Waals surface area (Å²) in [5.74, 6) is -0.494. The van der Waals surface area contributed by atoms with Crippen molar-refractivity contribution >= 4 is 23.7 Å². The second-order valence-corrected chi connectivity index (χ2v) is 5.73. The Bertz CT molecular complexity index is 575. The van der Waals surface area contributed by atoms with Crippen LogP contribution in [0.15, 0.2) is 24.3 Å². The van der Waals surface area contributed by atoms with Gasteiger partial charge in [-0.25, -0.2) is 9.59 Å². The topological polar surface area (TPSA) is 96.5 Å². The van der Waals surface area contributed by atoms with E-state index in [9.17, 15) is 14.4 Å². The number of imide groups is 1. The van der Waals surface area contributed by atoms with E-state index in [0.29, 0.717) is 11.3 Å². The number of cyclic esters (lactones) is 1. The first-order chi connectivity index (χ1) is 9.74. The van der Waals surface area contributed by atoms with Crippen LogP contribution >= 0.6 is 0 Å². The Hall–Kier alpha value is -2.57. The Morgan fingerprint density at radius 3 is 2.29 bits per heavy atom. The van der Waals surface area contributed by atoms with Crippen molar-refractivity contribution in [1.29, 1.82) is 0 Å². The van der Waals surface area contributed by atoms with Gasteiger partial charge in [0.25, 0.3) is 5.91 Å². The summed E-state index contributed by atoms with van der Waals surface area (Å²) >= 11 is 0. The van der Waals surface area contributed by atoms with E-state index < -0.39 is 18.1 Å². The molecule has 1 unspecified atom stereocenters. The van der Waals surface area contributed by atoms with Crippen molar-refractivity contribution in [3.05, 3.63) is 29.8 Å². The Morgan fingerprint density at radius 1 is 1.19 bits per heavy atom. The molecule has 1 aliphatic heterocycles. The fraction of sp³-hybridized carbons (Fsp3) is 0.357. The highest BCUT2D eigenvalue weighted by molar-refractivity contribution is 6.00. The molecule has 1 fully saturated rings. The summed E-state index contributed by atoms with van der Waals surface area (Å²) < 4.78 is 4.85. The van der Waals surface area contributed by atoms with E-state index >= 15 is 0 Å². The van der Waals surface area contributed by atoms with Crippen LogP contribution in [0.3, 0.4) is 0 Å². The summed E-state index contributed by atoms with van der Waals surface area (Å²) in [5, 5.41) is 7.50. The van der Waals surface area contributed by atoms with Crippen LogP contribution in [0.5, 0.6) is 0 Å².